The second-order valence-electron chi connectivity index (χ2n) is 14.3. The quantitative estimate of drug-likeness (QED) is 0.183. The van der Waals surface area contributed by atoms with Gasteiger partial charge in [-0.05, 0) is 73.0 Å². The minimum absolute atomic E-state index is 0.0840. The molecular formula is C43H39ClS. The fourth-order valence-corrected chi connectivity index (χ4v) is 8.57. The van der Waals surface area contributed by atoms with Crippen LogP contribution in [-0.2, 0) is 16.2 Å². The molecule has 0 unspecified atom stereocenters. The lowest BCUT2D eigenvalue weighted by Gasteiger charge is -2.34. The van der Waals surface area contributed by atoms with Crippen LogP contribution in [0.15, 0.2) is 127 Å². The molecule has 1 aliphatic rings. The monoisotopic (exact) mass is 622 g/mol. The number of halogens is 1. The summed E-state index contributed by atoms with van der Waals surface area (Å²) < 4.78 is 0. The highest BCUT2D eigenvalue weighted by atomic mass is 35.5. The fraction of sp³-hybridized carbons (Fsp3) is 0.209. The molecule has 0 aliphatic heterocycles. The molecular weight excluding hydrogens is 584 g/mol. The standard InChI is InChI=1S/C43H39ClS/c1-41(2,3)30-21-17-28(18-22-30)39-37-35-26-25-34(44)27-36(35)43(32-13-9-7-10-14-32,33-15-11-8-12-16-33)38(37)40(45-39)29-19-23-31(24-20-29)42(4,5)6/h7-27H,1-6H3. The molecule has 0 atom stereocenters. The molecule has 0 saturated carbocycles. The zero-order valence-corrected chi connectivity index (χ0v) is 28.5. The third-order valence-corrected chi connectivity index (χ3v) is 10.9. The van der Waals surface area contributed by atoms with E-state index in [4.69, 9.17) is 11.6 Å². The number of benzene rings is 5. The van der Waals surface area contributed by atoms with E-state index in [2.05, 4.69) is 169 Å². The lowest BCUT2D eigenvalue weighted by Crippen LogP contribution is -2.28. The van der Waals surface area contributed by atoms with Crippen LogP contribution in [0.5, 0.6) is 0 Å². The predicted octanol–water partition coefficient (Wildman–Crippen LogP) is 12.7. The van der Waals surface area contributed by atoms with Crippen LogP contribution in [0.1, 0.15) is 74.9 Å². The maximum atomic E-state index is 6.87. The molecule has 0 spiro atoms. The van der Waals surface area contributed by atoms with Gasteiger partial charge in [-0.3, -0.25) is 0 Å². The highest BCUT2D eigenvalue weighted by molar-refractivity contribution is 7.19. The average Bonchev–Trinajstić information content (AvgIpc) is 3.56. The first-order valence-electron chi connectivity index (χ1n) is 15.8. The van der Waals surface area contributed by atoms with Gasteiger partial charge in [-0.25, -0.2) is 0 Å². The van der Waals surface area contributed by atoms with Crippen molar-refractivity contribution in [3.63, 3.8) is 0 Å². The average molecular weight is 623 g/mol. The van der Waals surface area contributed by atoms with E-state index >= 15 is 0 Å². The Bertz CT molecular complexity index is 1940. The van der Waals surface area contributed by atoms with Crippen LogP contribution >= 0.6 is 22.9 Å². The molecule has 1 aromatic heterocycles. The van der Waals surface area contributed by atoms with Gasteiger partial charge in [0.2, 0.25) is 0 Å². The number of rotatable bonds is 4. The lowest BCUT2D eigenvalue weighted by molar-refractivity contribution is 0.590. The molecule has 0 N–H and O–H groups in total. The zero-order valence-electron chi connectivity index (χ0n) is 26.9. The van der Waals surface area contributed by atoms with E-state index in [9.17, 15) is 0 Å². The molecule has 45 heavy (non-hydrogen) atoms. The highest BCUT2D eigenvalue weighted by Gasteiger charge is 2.50. The van der Waals surface area contributed by atoms with Crippen molar-refractivity contribution in [1.29, 1.82) is 0 Å². The Balaban J connectivity index is 1.62. The van der Waals surface area contributed by atoms with Crippen molar-refractivity contribution in [3.05, 3.63) is 166 Å². The number of fused-ring (bicyclic) bond motifs is 3. The Morgan fingerprint density at radius 2 is 1.00 bits per heavy atom. The van der Waals surface area contributed by atoms with E-state index in [0.717, 1.165) is 5.02 Å². The Labute approximate surface area is 277 Å². The molecule has 5 aromatic carbocycles. The van der Waals surface area contributed by atoms with Gasteiger partial charge >= 0.3 is 0 Å². The summed E-state index contributed by atoms with van der Waals surface area (Å²) in [5.74, 6) is 0. The van der Waals surface area contributed by atoms with Crippen molar-refractivity contribution in [2.45, 2.75) is 57.8 Å². The van der Waals surface area contributed by atoms with Crippen LogP contribution in [0.2, 0.25) is 5.02 Å². The van der Waals surface area contributed by atoms with Gasteiger partial charge in [-0.1, -0.05) is 168 Å². The maximum Gasteiger partial charge on any atom is 0.0728 e. The normalized spacial score (nSPS) is 13.8. The van der Waals surface area contributed by atoms with Gasteiger partial charge in [0, 0.05) is 20.3 Å². The highest BCUT2D eigenvalue weighted by Crippen LogP contribution is 2.64. The van der Waals surface area contributed by atoms with Crippen molar-refractivity contribution in [2.24, 2.45) is 0 Å². The first kappa shape index (κ1) is 29.8. The molecule has 0 radical (unpaired) electrons. The van der Waals surface area contributed by atoms with Crippen LogP contribution in [0.4, 0.5) is 0 Å². The lowest BCUT2D eigenvalue weighted by atomic mass is 9.67. The first-order chi connectivity index (χ1) is 21.5. The van der Waals surface area contributed by atoms with Gasteiger partial charge in [0.1, 0.15) is 0 Å². The van der Waals surface area contributed by atoms with Gasteiger partial charge in [0.05, 0.1) is 5.41 Å². The molecule has 1 aliphatic carbocycles. The van der Waals surface area contributed by atoms with E-state index in [1.807, 2.05) is 11.3 Å². The Morgan fingerprint density at radius 1 is 0.533 bits per heavy atom. The topological polar surface area (TPSA) is 0 Å². The summed E-state index contributed by atoms with van der Waals surface area (Å²) in [6.45, 7) is 13.7. The molecule has 0 nitrogen and oxygen atoms in total. The number of hydrogen-bond donors (Lipinski definition) is 0. The molecule has 6 aromatic rings. The van der Waals surface area contributed by atoms with Crippen molar-refractivity contribution in [1.82, 2.24) is 0 Å². The smallest absolute Gasteiger partial charge is 0.0728 e. The Kier molecular flexibility index (Phi) is 7.19. The van der Waals surface area contributed by atoms with Crippen molar-refractivity contribution >= 4 is 22.9 Å². The van der Waals surface area contributed by atoms with E-state index in [0.29, 0.717) is 0 Å². The van der Waals surface area contributed by atoms with Crippen LogP contribution in [0.3, 0.4) is 0 Å². The first-order valence-corrected chi connectivity index (χ1v) is 17.0. The summed E-state index contributed by atoms with van der Waals surface area (Å²) in [5.41, 5.74) is 12.5. The molecule has 1 heterocycles. The predicted molar refractivity (Wildman–Crippen MR) is 195 cm³/mol. The molecule has 0 amide bonds. The van der Waals surface area contributed by atoms with Gasteiger partial charge < -0.3 is 0 Å². The van der Waals surface area contributed by atoms with Crippen molar-refractivity contribution in [3.8, 4) is 32.0 Å². The van der Waals surface area contributed by atoms with E-state index in [1.54, 1.807) is 0 Å². The molecule has 0 fully saturated rings. The second kappa shape index (κ2) is 10.9. The molecule has 2 heteroatoms. The summed E-state index contributed by atoms with van der Waals surface area (Å²) in [6.07, 6.45) is 0. The van der Waals surface area contributed by atoms with E-state index < -0.39 is 5.41 Å². The summed E-state index contributed by atoms with van der Waals surface area (Å²) in [4.78, 5) is 2.61. The minimum Gasteiger partial charge on any atom is -0.134 e. The van der Waals surface area contributed by atoms with E-state index in [1.165, 1.54) is 65.4 Å². The van der Waals surface area contributed by atoms with Crippen molar-refractivity contribution < 1.29 is 0 Å². The fourth-order valence-electron chi connectivity index (χ4n) is 7.02. The minimum atomic E-state index is -0.532. The Hall–Kier alpha value is -3.91. The Morgan fingerprint density at radius 3 is 1.47 bits per heavy atom. The van der Waals surface area contributed by atoms with Gasteiger partial charge in [0.25, 0.3) is 0 Å². The van der Waals surface area contributed by atoms with Gasteiger partial charge in [-0.15, -0.1) is 11.3 Å². The van der Waals surface area contributed by atoms with Crippen LogP contribution in [0.25, 0.3) is 32.0 Å². The number of hydrogen-bond acceptors (Lipinski definition) is 1. The van der Waals surface area contributed by atoms with Gasteiger partial charge in [0.15, 0.2) is 0 Å². The maximum absolute atomic E-state index is 6.87. The molecule has 7 rings (SSSR count). The van der Waals surface area contributed by atoms with Crippen molar-refractivity contribution in [2.75, 3.05) is 0 Å². The summed E-state index contributed by atoms with van der Waals surface area (Å²) in [6, 6.07) is 47.1. The zero-order chi connectivity index (χ0) is 31.6. The second-order valence-corrected chi connectivity index (χ2v) is 15.8. The molecule has 0 bridgehead atoms. The summed E-state index contributed by atoms with van der Waals surface area (Å²) in [7, 11) is 0. The van der Waals surface area contributed by atoms with Crippen LogP contribution < -0.4 is 0 Å². The molecule has 0 saturated heterocycles. The third-order valence-electron chi connectivity index (χ3n) is 9.38. The van der Waals surface area contributed by atoms with Crippen LogP contribution in [-0.4, -0.2) is 0 Å². The molecule has 224 valence electrons. The van der Waals surface area contributed by atoms with Crippen LogP contribution in [0, 0.1) is 0 Å². The largest absolute Gasteiger partial charge is 0.134 e. The summed E-state index contributed by atoms with van der Waals surface area (Å²) in [5, 5.41) is 0.756. The SMILES string of the molecule is CC(C)(C)c1ccc(-c2sc(-c3ccc(C(C)(C)C)cc3)c3c2-c2ccc(Cl)cc2C3(c2ccccc2)c2ccccc2)cc1. The van der Waals surface area contributed by atoms with E-state index in [-0.39, 0.29) is 10.8 Å². The third kappa shape index (κ3) is 4.89. The van der Waals surface area contributed by atoms with Gasteiger partial charge in [-0.2, -0.15) is 0 Å². The number of thiophene rings is 1. The summed E-state index contributed by atoms with van der Waals surface area (Å²) >= 11 is 8.79.